The Morgan fingerprint density at radius 3 is 1.60 bits per heavy atom. The summed E-state index contributed by atoms with van der Waals surface area (Å²) < 4.78 is 2.48. The summed E-state index contributed by atoms with van der Waals surface area (Å²) in [4.78, 5) is 15.0. The predicted molar refractivity (Wildman–Crippen MR) is 256 cm³/mol. The largest absolute Gasteiger partial charge is 0.308 e. The molecule has 0 bridgehead atoms. The topological polar surface area (TPSA) is 30.7 Å². The number of aromatic nitrogens is 3. The van der Waals surface area contributed by atoms with Crippen LogP contribution in [0.15, 0.2) is 239 Å². The van der Waals surface area contributed by atoms with E-state index in [4.69, 9.17) is 9.97 Å². The highest BCUT2D eigenvalue weighted by molar-refractivity contribution is 8.05. The number of hydrogen-bond donors (Lipinski definition) is 0. The number of benzene rings is 8. The number of fused-ring (bicyclic) bond motifs is 9. The molecule has 0 spiro atoms. The van der Waals surface area contributed by atoms with Crippen LogP contribution in [0.4, 0.5) is 0 Å². The van der Waals surface area contributed by atoms with Crippen molar-refractivity contribution in [1.82, 2.24) is 14.5 Å². The van der Waals surface area contributed by atoms with E-state index in [1.807, 2.05) is 91.1 Å². The molecule has 3 heterocycles. The Morgan fingerprint density at radius 1 is 0.467 bits per heavy atom. The molecule has 11 rings (SSSR count). The minimum Gasteiger partial charge on any atom is -0.308 e. The van der Waals surface area contributed by atoms with Crippen LogP contribution >= 0.6 is 23.5 Å². The highest BCUT2D eigenvalue weighted by Gasteiger charge is 2.27. The quantitative estimate of drug-likeness (QED) is 0.162. The molecule has 0 aliphatic carbocycles. The summed E-state index contributed by atoms with van der Waals surface area (Å²) in [5.74, 6) is 0.742. The number of hydrogen-bond acceptors (Lipinski definition) is 4. The molecule has 288 valence electrons. The van der Waals surface area contributed by atoms with E-state index in [0.29, 0.717) is 0 Å². The van der Waals surface area contributed by atoms with Gasteiger partial charge in [0.15, 0.2) is 5.82 Å². The van der Waals surface area contributed by atoms with Gasteiger partial charge in [-0.15, -0.1) is 0 Å². The summed E-state index contributed by atoms with van der Waals surface area (Å²) in [7, 11) is 0. The molecule has 0 atom stereocenters. The monoisotopic (exact) mass is 807 g/mol. The van der Waals surface area contributed by atoms with Gasteiger partial charge in [0.05, 0.1) is 21.6 Å². The van der Waals surface area contributed by atoms with E-state index in [2.05, 4.69) is 151 Å². The molecule has 0 saturated carbocycles. The zero-order chi connectivity index (χ0) is 40.8. The molecule has 5 heteroatoms. The smallest absolute Gasteiger partial charge is 0.160 e. The van der Waals surface area contributed by atoms with Gasteiger partial charge in [-0.1, -0.05) is 207 Å². The van der Waals surface area contributed by atoms with Crippen LogP contribution in [0.5, 0.6) is 0 Å². The Kier molecular flexibility index (Phi) is 11.3. The Balaban J connectivity index is 0.000000412. The Labute approximate surface area is 359 Å². The van der Waals surface area contributed by atoms with Crippen molar-refractivity contribution in [3.63, 3.8) is 0 Å². The van der Waals surface area contributed by atoms with Crippen molar-refractivity contribution in [3.05, 3.63) is 225 Å². The third kappa shape index (κ3) is 7.69. The van der Waals surface area contributed by atoms with Crippen LogP contribution < -0.4 is 0 Å². The van der Waals surface area contributed by atoms with Gasteiger partial charge in [0, 0.05) is 48.0 Å². The SMILES string of the molecule is C=CC=C.Cc1cc(-c2ccccc2)nc(-c2ccc(-c3ccc(-n4c5ccccc5c5c6ccccc6c6c(c54)Sc4ccccc4S6)cc3)cc2)n1.c1ccccc1. The molecular weight excluding hydrogens is 767 g/mol. The first-order valence-electron chi connectivity index (χ1n) is 19.9. The average Bonchev–Trinajstić information content (AvgIpc) is 3.68. The van der Waals surface area contributed by atoms with Gasteiger partial charge < -0.3 is 4.57 Å². The minimum atomic E-state index is 0.742. The molecule has 10 aromatic rings. The molecule has 2 aromatic heterocycles. The Bertz CT molecular complexity index is 3080. The Hall–Kier alpha value is -6.92. The second kappa shape index (κ2) is 17.5. The van der Waals surface area contributed by atoms with Crippen molar-refractivity contribution in [3.8, 4) is 39.5 Å². The molecule has 60 heavy (non-hydrogen) atoms. The van der Waals surface area contributed by atoms with Gasteiger partial charge in [-0.2, -0.15) is 0 Å². The maximum atomic E-state index is 4.91. The average molecular weight is 808 g/mol. The highest BCUT2D eigenvalue weighted by atomic mass is 32.2. The zero-order valence-corrected chi connectivity index (χ0v) is 34.8. The fourth-order valence-corrected chi connectivity index (χ4v) is 10.2. The van der Waals surface area contributed by atoms with Crippen molar-refractivity contribution in [2.24, 2.45) is 0 Å². The van der Waals surface area contributed by atoms with Crippen LogP contribution in [-0.4, -0.2) is 14.5 Å². The van der Waals surface area contributed by atoms with E-state index in [1.54, 1.807) is 12.2 Å². The maximum absolute atomic E-state index is 4.91. The van der Waals surface area contributed by atoms with Crippen molar-refractivity contribution < 1.29 is 0 Å². The summed E-state index contributed by atoms with van der Waals surface area (Å²) in [6.07, 6.45) is 3.28. The number of para-hydroxylation sites is 1. The third-order valence-electron chi connectivity index (χ3n) is 10.4. The third-order valence-corrected chi connectivity index (χ3v) is 13.0. The summed E-state index contributed by atoms with van der Waals surface area (Å²) in [6, 6.07) is 68.5. The number of rotatable bonds is 5. The predicted octanol–water partition coefficient (Wildman–Crippen LogP) is 15.7. The molecule has 0 amide bonds. The van der Waals surface area contributed by atoms with Gasteiger partial charge >= 0.3 is 0 Å². The lowest BCUT2D eigenvalue weighted by Gasteiger charge is -2.22. The summed E-state index contributed by atoms with van der Waals surface area (Å²) in [6.45, 7) is 8.75. The van der Waals surface area contributed by atoms with Crippen LogP contribution in [0.25, 0.3) is 72.0 Å². The molecule has 8 aromatic carbocycles. The highest BCUT2D eigenvalue weighted by Crippen LogP contribution is 2.55. The van der Waals surface area contributed by atoms with Gasteiger partial charge in [-0.05, 0) is 65.2 Å². The summed E-state index contributed by atoms with van der Waals surface area (Å²) in [5.41, 5.74) is 9.96. The molecule has 3 nitrogen and oxygen atoms in total. The first-order valence-corrected chi connectivity index (χ1v) is 21.5. The lowest BCUT2D eigenvalue weighted by molar-refractivity contribution is 1.11. The number of allylic oxidation sites excluding steroid dienone is 2. The molecule has 1 aliphatic heterocycles. The van der Waals surface area contributed by atoms with E-state index in [0.717, 1.165) is 39.6 Å². The van der Waals surface area contributed by atoms with Gasteiger partial charge in [-0.25, -0.2) is 9.97 Å². The Morgan fingerprint density at radius 2 is 0.967 bits per heavy atom. The normalized spacial score (nSPS) is 11.4. The molecule has 0 radical (unpaired) electrons. The molecule has 0 fully saturated rings. The fraction of sp³-hybridized carbons (Fsp3) is 0.0182. The van der Waals surface area contributed by atoms with Crippen molar-refractivity contribution >= 4 is 56.1 Å². The standard InChI is InChI=1S/C45H29N3S2.C6H6.C4H6/c1-28-27-37(31-11-3-2-4-12-31)47-45(46-28)32-21-19-29(20-22-32)30-23-25-33(26-24-30)48-38-16-8-7-15-36(38)41-34-13-5-6-14-35(34)43-44(42(41)48)50-40-18-10-9-17-39(40)49-43;1-2-4-6-5-3-1;1-3-4-2/h2-27H,1H3;1-6H;3-4H,1-2H2. The zero-order valence-electron chi connectivity index (χ0n) is 33.2. The summed E-state index contributed by atoms with van der Waals surface area (Å²) in [5, 5.41) is 5.21. The summed E-state index contributed by atoms with van der Waals surface area (Å²) >= 11 is 3.80. The second-order valence-electron chi connectivity index (χ2n) is 14.3. The van der Waals surface area contributed by atoms with Gasteiger partial charge in [0.1, 0.15) is 0 Å². The number of nitrogens with zero attached hydrogens (tertiary/aromatic N) is 3. The fourth-order valence-electron chi connectivity index (χ4n) is 7.61. The second-order valence-corrected chi connectivity index (χ2v) is 16.4. The van der Waals surface area contributed by atoms with E-state index in [9.17, 15) is 0 Å². The molecule has 0 unspecified atom stereocenters. The maximum Gasteiger partial charge on any atom is 0.160 e. The van der Waals surface area contributed by atoms with E-state index < -0.39 is 0 Å². The van der Waals surface area contributed by atoms with Crippen molar-refractivity contribution in [2.75, 3.05) is 0 Å². The van der Waals surface area contributed by atoms with Crippen molar-refractivity contribution in [2.45, 2.75) is 26.5 Å². The van der Waals surface area contributed by atoms with Crippen LogP contribution in [0.3, 0.4) is 0 Å². The van der Waals surface area contributed by atoms with Crippen LogP contribution in [0.1, 0.15) is 5.69 Å². The van der Waals surface area contributed by atoms with Gasteiger partial charge in [0.2, 0.25) is 0 Å². The van der Waals surface area contributed by atoms with Crippen molar-refractivity contribution in [1.29, 1.82) is 0 Å². The van der Waals surface area contributed by atoms with Gasteiger partial charge in [-0.3, -0.25) is 0 Å². The molecule has 1 aliphatic rings. The first-order chi connectivity index (χ1) is 29.6. The van der Waals surface area contributed by atoms with E-state index >= 15 is 0 Å². The lowest BCUT2D eigenvalue weighted by Crippen LogP contribution is -1.99. The van der Waals surface area contributed by atoms with Crippen LogP contribution in [0.2, 0.25) is 0 Å². The van der Waals surface area contributed by atoms with Crippen LogP contribution in [0, 0.1) is 6.92 Å². The molecular formula is C55H41N3S2. The van der Waals surface area contributed by atoms with Gasteiger partial charge in [0.25, 0.3) is 0 Å². The lowest BCUT2D eigenvalue weighted by atomic mass is 10.0. The number of aryl methyl sites for hydroxylation is 1. The first kappa shape index (κ1) is 38.6. The van der Waals surface area contributed by atoms with E-state index in [1.165, 1.54) is 57.7 Å². The molecule has 0 N–H and O–H groups in total. The minimum absolute atomic E-state index is 0.742. The van der Waals surface area contributed by atoms with E-state index in [-0.39, 0.29) is 0 Å². The van der Waals surface area contributed by atoms with Crippen LogP contribution in [-0.2, 0) is 0 Å². The molecule has 0 saturated heterocycles.